The summed E-state index contributed by atoms with van der Waals surface area (Å²) in [7, 11) is 1.37. The van der Waals surface area contributed by atoms with Crippen molar-refractivity contribution >= 4 is 41.0 Å². The maximum absolute atomic E-state index is 12.6. The van der Waals surface area contributed by atoms with E-state index >= 15 is 0 Å². The van der Waals surface area contributed by atoms with Gasteiger partial charge in [0, 0.05) is 12.1 Å². The van der Waals surface area contributed by atoms with E-state index in [2.05, 4.69) is 10.6 Å². The molecule has 0 aliphatic carbocycles. The number of amides is 3. The molecule has 0 saturated heterocycles. The largest absolute Gasteiger partial charge is 0.496 e. The zero-order valence-electron chi connectivity index (χ0n) is 18.5. The predicted molar refractivity (Wildman–Crippen MR) is 121 cm³/mol. The van der Waals surface area contributed by atoms with Gasteiger partial charge in [-0.05, 0) is 24.1 Å². The lowest BCUT2D eigenvalue weighted by Gasteiger charge is -2.21. The van der Waals surface area contributed by atoms with E-state index in [9.17, 15) is 29.3 Å². The number of halogens is 1. The van der Waals surface area contributed by atoms with Crippen molar-refractivity contribution in [1.29, 1.82) is 0 Å². The Labute approximate surface area is 199 Å². The van der Waals surface area contributed by atoms with Gasteiger partial charge in [0.1, 0.15) is 11.8 Å². The molecule has 0 spiro atoms. The Kier molecular flexibility index (Phi) is 9.08. The number of imide groups is 1. The number of carbonyl (C=O) groups excluding carboxylic acids is 4. The third-order valence-electron chi connectivity index (χ3n) is 4.57. The minimum atomic E-state index is -1.16. The summed E-state index contributed by atoms with van der Waals surface area (Å²) in [5.41, 5.74) is -0.252. The molecule has 0 aliphatic rings. The Bertz CT molecular complexity index is 1120. The molecule has 0 unspecified atom stereocenters. The minimum absolute atomic E-state index is 0.0779. The number of esters is 1. The highest BCUT2D eigenvalue weighted by atomic mass is 35.5. The van der Waals surface area contributed by atoms with Crippen LogP contribution < -0.4 is 15.4 Å². The number of nitrogens with one attached hydrogen (secondary N) is 2. The van der Waals surface area contributed by atoms with Gasteiger partial charge in [-0.2, -0.15) is 0 Å². The van der Waals surface area contributed by atoms with Crippen molar-refractivity contribution in [3.05, 3.63) is 68.7 Å². The van der Waals surface area contributed by atoms with Crippen molar-refractivity contribution in [1.82, 2.24) is 10.6 Å². The molecule has 2 rings (SSSR count). The van der Waals surface area contributed by atoms with Gasteiger partial charge in [0.15, 0.2) is 6.61 Å². The van der Waals surface area contributed by atoms with Gasteiger partial charge >= 0.3 is 5.97 Å². The van der Waals surface area contributed by atoms with E-state index in [1.54, 1.807) is 32.0 Å². The van der Waals surface area contributed by atoms with Crippen molar-refractivity contribution in [2.24, 2.45) is 5.92 Å². The Hall–Kier alpha value is -3.99. The van der Waals surface area contributed by atoms with Crippen LogP contribution in [0.25, 0.3) is 0 Å². The first-order chi connectivity index (χ1) is 16.0. The van der Waals surface area contributed by atoms with Gasteiger partial charge in [-0.15, -0.1) is 0 Å². The summed E-state index contributed by atoms with van der Waals surface area (Å²) in [6, 6.07) is 8.38. The number of nitro groups is 1. The fourth-order valence-electron chi connectivity index (χ4n) is 2.81. The number of para-hydroxylation sites is 1. The lowest BCUT2D eigenvalue weighted by atomic mass is 10.0. The van der Waals surface area contributed by atoms with Gasteiger partial charge in [-0.25, -0.2) is 4.79 Å². The van der Waals surface area contributed by atoms with Crippen LogP contribution in [0.4, 0.5) is 5.69 Å². The van der Waals surface area contributed by atoms with Gasteiger partial charge in [-0.1, -0.05) is 37.6 Å². The fraction of sp³-hybridized carbons (Fsp3) is 0.273. The van der Waals surface area contributed by atoms with E-state index in [1.807, 2.05) is 0 Å². The van der Waals surface area contributed by atoms with E-state index in [0.29, 0.717) is 0 Å². The number of benzene rings is 2. The van der Waals surface area contributed by atoms with Crippen LogP contribution in [-0.4, -0.2) is 48.4 Å². The summed E-state index contributed by atoms with van der Waals surface area (Å²) in [6.45, 7) is 2.50. The average molecular weight is 492 g/mol. The Morgan fingerprint density at radius 2 is 1.74 bits per heavy atom. The summed E-state index contributed by atoms with van der Waals surface area (Å²) >= 11 is 5.96. The molecule has 0 radical (unpaired) electrons. The minimum Gasteiger partial charge on any atom is -0.496 e. The van der Waals surface area contributed by atoms with Gasteiger partial charge in [0.05, 0.1) is 28.2 Å². The number of nitrogens with zero attached hydrogens (tertiary/aromatic N) is 1. The van der Waals surface area contributed by atoms with Crippen molar-refractivity contribution in [2.75, 3.05) is 13.7 Å². The Balaban J connectivity index is 1.99. The highest BCUT2D eigenvalue weighted by Gasteiger charge is 2.28. The average Bonchev–Trinajstić information content (AvgIpc) is 2.80. The quantitative estimate of drug-likeness (QED) is 0.308. The number of non-ortho nitro benzene ring substituents is 1. The van der Waals surface area contributed by atoms with Crippen LogP contribution >= 0.6 is 11.6 Å². The van der Waals surface area contributed by atoms with Crippen molar-refractivity contribution < 1.29 is 33.6 Å². The van der Waals surface area contributed by atoms with Gasteiger partial charge in [-0.3, -0.25) is 29.8 Å². The molecule has 11 nitrogen and oxygen atoms in total. The molecule has 34 heavy (non-hydrogen) atoms. The number of hydrogen-bond donors (Lipinski definition) is 2. The smallest absolute Gasteiger partial charge is 0.329 e. The Morgan fingerprint density at radius 3 is 2.32 bits per heavy atom. The number of carbonyl (C=O) groups is 4. The molecule has 0 saturated carbocycles. The molecule has 12 heteroatoms. The molecule has 1 atom stereocenters. The third-order valence-corrected chi connectivity index (χ3v) is 4.88. The van der Waals surface area contributed by atoms with E-state index < -0.39 is 47.2 Å². The second-order valence-electron chi connectivity index (χ2n) is 7.30. The SMILES string of the molecule is COc1ccccc1C(=O)NC(=O)COC(=O)[C@H](NC(=O)c1ccc([N+](=O)[O-])cc1Cl)C(C)C. The van der Waals surface area contributed by atoms with Crippen LogP contribution in [0.5, 0.6) is 5.75 Å². The first-order valence-corrected chi connectivity index (χ1v) is 10.3. The lowest BCUT2D eigenvalue weighted by molar-refractivity contribution is -0.384. The van der Waals surface area contributed by atoms with Crippen LogP contribution in [0, 0.1) is 16.0 Å². The number of rotatable bonds is 9. The van der Waals surface area contributed by atoms with E-state index in [4.69, 9.17) is 21.1 Å². The molecule has 3 amide bonds. The molecular formula is C22H22ClN3O8. The normalized spacial score (nSPS) is 11.3. The molecule has 0 aliphatic heterocycles. The second kappa shape index (κ2) is 11.8. The van der Waals surface area contributed by atoms with Crippen LogP contribution in [0.2, 0.25) is 5.02 Å². The maximum Gasteiger partial charge on any atom is 0.329 e. The summed E-state index contributed by atoms with van der Waals surface area (Å²) in [6.07, 6.45) is 0. The number of methoxy groups -OCH3 is 1. The first-order valence-electron chi connectivity index (χ1n) is 9.93. The van der Waals surface area contributed by atoms with E-state index in [-0.39, 0.29) is 27.6 Å². The fourth-order valence-corrected chi connectivity index (χ4v) is 3.07. The number of hydrogen-bond acceptors (Lipinski definition) is 8. The predicted octanol–water partition coefficient (Wildman–Crippen LogP) is 2.51. The molecular weight excluding hydrogens is 470 g/mol. The molecule has 0 bridgehead atoms. The van der Waals surface area contributed by atoms with E-state index in [0.717, 1.165) is 18.2 Å². The van der Waals surface area contributed by atoms with Crippen molar-refractivity contribution in [3.63, 3.8) is 0 Å². The van der Waals surface area contributed by atoms with Crippen LogP contribution in [0.1, 0.15) is 34.6 Å². The maximum atomic E-state index is 12.6. The highest BCUT2D eigenvalue weighted by molar-refractivity contribution is 6.34. The van der Waals surface area contributed by atoms with Crippen LogP contribution in [0.3, 0.4) is 0 Å². The molecule has 0 fully saturated rings. The van der Waals surface area contributed by atoms with Crippen LogP contribution in [0.15, 0.2) is 42.5 Å². The lowest BCUT2D eigenvalue weighted by Crippen LogP contribution is -2.46. The van der Waals surface area contributed by atoms with E-state index in [1.165, 1.54) is 13.2 Å². The third kappa shape index (κ3) is 6.75. The zero-order valence-corrected chi connectivity index (χ0v) is 19.3. The number of ether oxygens (including phenoxy) is 2. The van der Waals surface area contributed by atoms with Gasteiger partial charge in [0.25, 0.3) is 23.4 Å². The molecule has 0 heterocycles. The summed E-state index contributed by atoms with van der Waals surface area (Å²) in [5, 5.41) is 15.2. The second-order valence-corrected chi connectivity index (χ2v) is 7.71. The number of nitro benzene ring substituents is 1. The topological polar surface area (TPSA) is 154 Å². The van der Waals surface area contributed by atoms with Gasteiger partial charge < -0.3 is 14.8 Å². The molecule has 180 valence electrons. The summed E-state index contributed by atoms with van der Waals surface area (Å²) < 4.78 is 10.0. The first kappa shape index (κ1) is 26.3. The summed E-state index contributed by atoms with van der Waals surface area (Å²) in [5.74, 6) is -3.46. The standard InChI is InChI=1S/C22H22ClN3O8/c1-12(2)19(25-20(28)14-9-8-13(26(31)32)10-16(14)23)22(30)34-11-18(27)24-21(29)15-6-4-5-7-17(15)33-3/h4-10,12,19H,11H2,1-3H3,(H,25,28)(H,24,27,29)/t19-/m1/s1. The molecule has 0 aromatic heterocycles. The molecule has 2 aromatic rings. The Morgan fingerprint density at radius 1 is 1.06 bits per heavy atom. The van der Waals surface area contributed by atoms with Crippen LogP contribution in [-0.2, 0) is 14.3 Å². The van der Waals surface area contributed by atoms with Crippen molar-refractivity contribution in [2.45, 2.75) is 19.9 Å². The van der Waals surface area contributed by atoms with Gasteiger partial charge in [0.2, 0.25) is 0 Å². The molecule has 2 aromatic carbocycles. The zero-order chi connectivity index (χ0) is 25.4. The molecule has 2 N–H and O–H groups in total. The highest BCUT2D eigenvalue weighted by Crippen LogP contribution is 2.23. The monoisotopic (exact) mass is 491 g/mol. The summed E-state index contributed by atoms with van der Waals surface area (Å²) in [4.78, 5) is 59.6. The van der Waals surface area contributed by atoms with Crippen molar-refractivity contribution in [3.8, 4) is 5.75 Å².